The van der Waals surface area contributed by atoms with Crippen molar-refractivity contribution in [2.45, 2.75) is 38.5 Å². The predicted molar refractivity (Wildman–Crippen MR) is 65.1 cm³/mol. The average molecular weight is 250 g/mol. The van der Waals surface area contributed by atoms with Crippen LogP contribution in [0.4, 0.5) is 0 Å². The van der Waals surface area contributed by atoms with Gasteiger partial charge in [0.2, 0.25) is 0 Å². The minimum atomic E-state index is -1.18. The van der Waals surface area contributed by atoms with E-state index in [0.717, 1.165) is 18.7 Å². The molecule has 1 aliphatic carbocycles. The van der Waals surface area contributed by atoms with Gasteiger partial charge in [-0.3, -0.25) is 9.59 Å². The molecule has 5 nitrogen and oxygen atoms in total. The number of carboxylic acids is 1. The van der Waals surface area contributed by atoms with Gasteiger partial charge < -0.3 is 9.67 Å². The Kier molecular flexibility index (Phi) is 3.50. The van der Waals surface area contributed by atoms with Crippen LogP contribution in [-0.4, -0.2) is 26.4 Å². The van der Waals surface area contributed by atoms with Gasteiger partial charge in [0.15, 0.2) is 0 Å². The standard InChI is InChI=1S/C13H18N2O3/c1-15-9-8-14-11(15)5-7-13(12(17)18)6-3-2-4-10(13)16/h8-9H,2-7H2,1H3,(H,17,18). The van der Waals surface area contributed by atoms with Crippen LogP contribution in [0, 0.1) is 5.41 Å². The van der Waals surface area contributed by atoms with Crippen molar-refractivity contribution in [1.29, 1.82) is 0 Å². The van der Waals surface area contributed by atoms with E-state index in [1.54, 1.807) is 6.20 Å². The summed E-state index contributed by atoms with van der Waals surface area (Å²) in [7, 11) is 1.87. The smallest absolute Gasteiger partial charge is 0.317 e. The SMILES string of the molecule is Cn1ccnc1CCC1(C(=O)O)CCCCC1=O. The first-order valence-electron chi connectivity index (χ1n) is 6.29. The molecule has 1 N–H and O–H groups in total. The van der Waals surface area contributed by atoms with Crippen LogP contribution in [-0.2, 0) is 23.1 Å². The molecule has 18 heavy (non-hydrogen) atoms. The fourth-order valence-corrected chi connectivity index (χ4v) is 2.65. The molecule has 0 spiro atoms. The highest BCUT2D eigenvalue weighted by Crippen LogP contribution is 2.37. The van der Waals surface area contributed by atoms with Crippen molar-refractivity contribution >= 4 is 11.8 Å². The van der Waals surface area contributed by atoms with E-state index >= 15 is 0 Å². The summed E-state index contributed by atoms with van der Waals surface area (Å²) in [5.74, 6) is -0.258. The molecule has 0 saturated heterocycles. The number of aryl methyl sites for hydroxylation is 2. The summed E-state index contributed by atoms with van der Waals surface area (Å²) in [5.41, 5.74) is -1.18. The number of ketones is 1. The predicted octanol–water partition coefficient (Wildman–Crippen LogP) is 1.57. The minimum Gasteiger partial charge on any atom is -0.480 e. The van der Waals surface area contributed by atoms with Crippen molar-refractivity contribution in [3.63, 3.8) is 0 Å². The Bertz CT molecular complexity index is 467. The molecule has 1 saturated carbocycles. The Balaban J connectivity index is 2.14. The van der Waals surface area contributed by atoms with E-state index in [9.17, 15) is 14.7 Å². The van der Waals surface area contributed by atoms with Gasteiger partial charge >= 0.3 is 5.97 Å². The fourth-order valence-electron chi connectivity index (χ4n) is 2.65. The molecule has 1 aliphatic rings. The van der Waals surface area contributed by atoms with Crippen molar-refractivity contribution in [2.75, 3.05) is 0 Å². The number of carbonyl (C=O) groups excluding carboxylic acids is 1. The van der Waals surface area contributed by atoms with Gasteiger partial charge in [-0.15, -0.1) is 0 Å². The third-order valence-electron chi connectivity index (χ3n) is 3.90. The lowest BCUT2D eigenvalue weighted by Gasteiger charge is -2.31. The number of aromatic nitrogens is 2. The molecule has 0 radical (unpaired) electrons. The topological polar surface area (TPSA) is 72.2 Å². The lowest BCUT2D eigenvalue weighted by atomic mass is 9.70. The maximum atomic E-state index is 12.0. The van der Waals surface area contributed by atoms with Crippen LogP contribution in [0.2, 0.25) is 0 Å². The molecule has 0 aliphatic heterocycles. The number of carboxylic acid groups (broad SMARTS) is 1. The molecule has 0 aromatic carbocycles. The van der Waals surface area contributed by atoms with E-state index in [1.807, 2.05) is 17.8 Å². The zero-order valence-electron chi connectivity index (χ0n) is 10.6. The van der Waals surface area contributed by atoms with E-state index < -0.39 is 11.4 Å². The van der Waals surface area contributed by atoms with Gasteiger partial charge in [-0.25, -0.2) is 4.98 Å². The second kappa shape index (κ2) is 4.92. The molecule has 5 heteroatoms. The maximum absolute atomic E-state index is 12.0. The van der Waals surface area contributed by atoms with E-state index in [0.29, 0.717) is 25.7 Å². The largest absolute Gasteiger partial charge is 0.480 e. The molecule has 1 aromatic rings. The van der Waals surface area contributed by atoms with Crippen LogP contribution >= 0.6 is 0 Å². The normalized spacial score (nSPS) is 24.2. The van der Waals surface area contributed by atoms with Crippen molar-refractivity contribution < 1.29 is 14.7 Å². The number of carbonyl (C=O) groups is 2. The van der Waals surface area contributed by atoms with Gasteiger partial charge in [-0.05, 0) is 19.3 Å². The molecule has 1 fully saturated rings. The summed E-state index contributed by atoms with van der Waals surface area (Å²) in [6.45, 7) is 0. The quantitative estimate of drug-likeness (QED) is 0.823. The van der Waals surface area contributed by atoms with E-state index in [-0.39, 0.29) is 5.78 Å². The number of rotatable bonds is 4. The Hall–Kier alpha value is -1.65. The number of nitrogens with zero attached hydrogens (tertiary/aromatic N) is 2. The average Bonchev–Trinajstić information content (AvgIpc) is 2.74. The van der Waals surface area contributed by atoms with Gasteiger partial charge in [-0.2, -0.15) is 0 Å². The summed E-state index contributed by atoms with van der Waals surface area (Å²) in [4.78, 5) is 27.7. The molecular weight excluding hydrogens is 232 g/mol. The van der Waals surface area contributed by atoms with E-state index in [2.05, 4.69) is 4.98 Å². The monoisotopic (exact) mass is 250 g/mol. The summed E-state index contributed by atoms with van der Waals surface area (Å²) in [6, 6.07) is 0. The van der Waals surface area contributed by atoms with Gasteiger partial charge in [0, 0.05) is 32.3 Å². The van der Waals surface area contributed by atoms with Crippen LogP contribution in [0.3, 0.4) is 0 Å². The molecule has 1 atom stereocenters. The van der Waals surface area contributed by atoms with Crippen molar-refractivity contribution in [2.24, 2.45) is 12.5 Å². The van der Waals surface area contributed by atoms with Gasteiger partial charge in [0.05, 0.1) is 0 Å². The summed E-state index contributed by atoms with van der Waals surface area (Å²) in [5, 5.41) is 9.41. The summed E-state index contributed by atoms with van der Waals surface area (Å²) in [6.07, 6.45) is 6.89. The maximum Gasteiger partial charge on any atom is 0.317 e. The third-order valence-corrected chi connectivity index (χ3v) is 3.90. The fraction of sp³-hybridized carbons (Fsp3) is 0.615. The van der Waals surface area contributed by atoms with Crippen molar-refractivity contribution in [1.82, 2.24) is 9.55 Å². The first kappa shape index (κ1) is 12.8. The van der Waals surface area contributed by atoms with Gasteiger partial charge in [0.25, 0.3) is 0 Å². The van der Waals surface area contributed by atoms with Gasteiger partial charge in [-0.1, -0.05) is 6.42 Å². The molecule has 1 aromatic heterocycles. The Labute approximate surface area is 106 Å². The lowest BCUT2D eigenvalue weighted by Crippen LogP contribution is -2.42. The van der Waals surface area contributed by atoms with Crippen LogP contribution in [0.25, 0.3) is 0 Å². The molecule has 0 amide bonds. The molecule has 1 heterocycles. The minimum absolute atomic E-state index is 0.115. The summed E-state index contributed by atoms with van der Waals surface area (Å²) >= 11 is 0. The second-order valence-electron chi connectivity index (χ2n) is 4.97. The van der Waals surface area contributed by atoms with Crippen molar-refractivity contribution in [3.05, 3.63) is 18.2 Å². The molecule has 0 bridgehead atoms. The number of hydrogen-bond donors (Lipinski definition) is 1. The lowest BCUT2D eigenvalue weighted by molar-refractivity contribution is -0.157. The third kappa shape index (κ3) is 2.17. The molecular formula is C13H18N2O3. The zero-order chi connectivity index (χ0) is 13.2. The van der Waals surface area contributed by atoms with Crippen molar-refractivity contribution in [3.8, 4) is 0 Å². The van der Waals surface area contributed by atoms with Crippen LogP contribution in [0.5, 0.6) is 0 Å². The number of aliphatic carboxylic acids is 1. The highest BCUT2D eigenvalue weighted by atomic mass is 16.4. The number of imidazole rings is 1. The highest BCUT2D eigenvalue weighted by molar-refractivity contribution is 6.03. The first-order chi connectivity index (χ1) is 8.56. The molecule has 2 rings (SSSR count). The Morgan fingerprint density at radius 1 is 1.56 bits per heavy atom. The zero-order valence-corrected chi connectivity index (χ0v) is 10.6. The Morgan fingerprint density at radius 3 is 2.89 bits per heavy atom. The molecule has 1 unspecified atom stereocenters. The van der Waals surface area contributed by atoms with Crippen LogP contribution in [0.1, 0.15) is 37.9 Å². The number of hydrogen-bond acceptors (Lipinski definition) is 3. The van der Waals surface area contributed by atoms with Crippen LogP contribution in [0.15, 0.2) is 12.4 Å². The first-order valence-corrected chi connectivity index (χ1v) is 6.29. The van der Waals surface area contributed by atoms with Gasteiger partial charge in [0.1, 0.15) is 17.0 Å². The van der Waals surface area contributed by atoms with Crippen LogP contribution < -0.4 is 0 Å². The number of Topliss-reactive ketones (excluding diaryl/α,β-unsaturated/α-hetero) is 1. The second-order valence-corrected chi connectivity index (χ2v) is 4.97. The molecule has 98 valence electrons. The summed E-state index contributed by atoms with van der Waals surface area (Å²) < 4.78 is 1.86. The van der Waals surface area contributed by atoms with E-state index in [1.165, 1.54) is 0 Å². The Morgan fingerprint density at radius 2 is 2.33 bits per heavy atom. The van der Waals surface area contributed by atoms with E-state index in [4.69, 9.17) is 0 Å². The highest BCUT2D eigenvalue weighted by Gasteiger charge is 2.46.